The van der Waals surface area contributed by atoms with Crippen molar-refractivity contribution in [3.8, 4) is 5.75 Å². The number of nitrogens with two attached hydrogens (primary N) is 1. The number of benzene rings is 1. The van der Waals surface area contributed by atoms with Gasteiger partial charge in [-0.05, 0) is 53.4 Å². The van der Waals surface area contributed by atoms with E-state index in [-0.39, 0.29) is 36.3 Å². The largest absolute Gasteiger partial charge is 0.496 e. The number of amides is 1. The fourth-order valence-electron chi connectivity index (χ4n) is 2.67. The van der Waals surface area contributed by atoms with E-state index in [1.54, 1.807) is 7.11 Å². The molecule has 1 aromatic rings. The monoisotopic (exact) mass is 376 g/mol. The van der Waals surface area contributed by atoms with Crippen LogP contribution in [0.2, 0.25) is 0 Å². The second-order valence-electron chi connectivity index (χ2n) is 5.33. The van der Waals surface area contributed by atoms with Gasteiger partial charge in [-0.15, -0.1) is 12.4 Å². The molecule has 0 aliphatic heterocycles. The average molecular weight is 378 g/mol. The molecule has 21 heavy (non-hydrogen) atoms. The zero-order valence-corrected chi connectivity index (χ0v) is 14.7. The first-order valence-corrected chi connectivity index (χ1v) is 7.71. The number of hydrogen-bond donors (Lipinski definition) is 2. The van der Waals surface area contributed by atoms with E-state index < -0.39 is 0 Å². The van der Waals surface area contributed by atoms with Crippen LogP contribution < -0.4 is 15.8 Å². The van der Waals surface area contributed by atoms with E-state index in [0.717, 1.165) is 35.0 Å². The molecule has 0 aromatic heterocycles. The number of ether oxygens (including phenoxy) is 1. The summed E-state index contributed by atoms with van der Waals surface area (Å²) in [6, 6.07) is 5.78. The van der Waals surface area contributed by atoms with Crippen LogP contribution in [0, 0.1) is 5.92 Å². The fraction of sp³-hybridized carbons (Fsp3) is 0.533. The predicted octanol–water partition coefficient (Wildman–Crippen LogP) is 3.18. The number of methoxy groups -OCH3 is 1. The molecule has 118 valence electrons. The maximum Gasteiger partial charge on any atom is 0.225 e. The summed E-state index contributed by atoms with van der Waals surface area (Å²) in [4.78, 5) is 12.2. The van der Waals surface area contributed by atoms with Gasteiger partial charge in [0.1, 0.15) is 5.75 Å². The van der Waals surface area contributed by atoms with Crippen molar-refractivity contribution in [3.05, 3.63) is 28.2 Å². The van der Waals surface area contributed by atoms with Gasteiger partial charge in [0.05, 0.1) is 23.5 Å². The average Bonchev–Trinajstić information content (AvgIpc) is 2.84. The molecule has 4 nitrogen and oxygen atoms in total. The third-order valence-electron chi connectivity index (χ3n) is 3.94. The predicted molar refractivity (Wildman–Crippen MR) is 89.8 cm³/mol. The zero-order valence-electron chi connectivity index (χ0n) is 12.3. The van der Waals surface area contributed by atoms with Crippen molar-refractivity contribution < 1.29 is 9.53 Å². The molecule has 3 unspecified atom stereocenters. The quantitative estimate of drug-likeness (QED) is 0.847. The van der Waals surface area contributed by atoms with E-state index in [9.17, 15) is 4.79 Å². The van der Waals surface area contributed by atoms with Crippen LogP contribution in [0.5, 0.6) is 5.75 Å². The van der Waals surface area contributed by atoms with Crippen LogP contribution in [0.25, 0.3) is 0 Å². The second kappa shape index (κ2) is 8.01. The summed E-state index contributed by atoms with van der Waals surface area (Å²) in [7, 11) is 1.63. The molecule has 1 amide bonds. The minimum absolute atomic E-state index is 0. The Balaban J connectivity index is 0.00000220. The number of halogens is 2. The van der Waals surface area contributed by atoms with Crippen LogP contribution in [0.3, 0.4) is 0 Å². The van der Waals surface area contributed by atoms with Crippen molar-refractivity contribution in [1.29, 1.82) is 0 Å². The van der Waals surface area contributed by atoms with Crippen LogP contribution in [-0.2, 0) is 4.79 Å². The summed E-state index contributed by atoms with van der Waals surface area (Å²) in [5.74, 6) is 0.804. The van der Waals surface area contributed by atoms with E-state index in [1.807, 2.05) is 25.1 Å². The van der Waals surface area contributed by atoms with E-state index in [2.05, 4.69) is 21.2 Å². The Morgan fingerprint density at radius 2 is 2.19 bits per heavy atom. The van der Waals surface area contributed by atoms with Gasteiger partial charge in [0.2, 0.25) is 5.91 Å². The summed E-state index contributed by atoms with van der Waals surface area (Å²) in [5, 5.41) is 3.05. The third-order valence-corrected chi connectivity index (χ3v) is 4.56. The third kappa shape index (κ3) is 4.34. The molecule has 2 rings (SSSR count). The topological polar surface area (TPSA) is 64.3 Å². The molecule has 3 N–H and O–H groups in total. The number of hydrogen-bond acceptors (Lipinski definition) is 3. The van der Waals surface area contributed by atoms with Crippen molar-refractivity contribution >= 4 is 34.2 Å². The molecule has 1 saturated carbocycles. The molecule has 0 spiro atoms. The van der Waals surface area contributed by atoms with Crippen molar-refractivity contribution in [2.45, 2.75) is 38.3 Å². The van der Waals surface area contributed by atoms with Crippen molar-refractivity contribution in [3.63, 3.8) is 0 Å². The van der Waals surface area contributed by atoms with E-state index in [1.165, 1.54) is 0 Å². The van der Waals surface area contributed by atoms with Crippen LogP contribution in [0.4, 0.5) is 0 Å². The first-order valence-electron chi connectivity index (χ1n) is 6.92. The Kier molecular flexibility index (Phi) is 6.97. The van der Waals surface area contributed by atoms with Crippen molar-refractivity contribution in [2.75, 3.05) is 7.11 Å². The molecule has 0 radical (unpaired) electrons. The molecule has 1 fully saturated rings. The van der Waals surface area contributed by atoms with Gasteiger partial charge in [0.15, 0.2) is 0 Å². The molecule has 1 aromatic carbocycles. The molecule has 1 aliphatic carbocycles. The molecule has 0 heterocycles. The lowest BCUT2D eigenvalue weighted by Crippen LogP contribution is -2.39. The first-order chi connectivity index (χ1) is 9.52. The molecule has 0 bridgehead atoms. The highest BCUT2D eigenvalue weighted by Crippen LogP contribution is 2.29. The highest BCUT2D eigenvalue weighted by atomic mass is 79.9. The van der Waals surface area contributed by atoms with Gasteiger partial charge in [-0.3, -0.25) is 4.79 Å². The minimum atomic E-state index is -0.0440. The SMILES string of the molecule is COc1ccc(C(C)NC(=O)C2CCCC2N)cc1Br.Cl. The number of carbonyl (C=O) groups excluding carboxylic acids is 1. The highest BCUT2D eigenvalue weighted by molar-refractivity contribution is 9.10. The highest BCUT2D eigenvalue weighted by Gasteiger charge is 2.30. The van der Waals surface area contributed by atoms with Crippen molar-refractivity contribution in [2.24, 2.45) is 11.7 Å². The van der Waals surface area contributed by atoms with Gasteiger partial charge in [-0.1, -0.05) is 12.5 Å². The molecule has 0 saturated heterocycles. The standard InChI is InChI=1S/C15H21BrN2O2.ClH/c1-9(10-6-7-14(20-2)12(16)8-10)18-15(19)11-4-3-5-13(11)17;/h6-9,11,13H,3-5,17H2,1-2H3,(H,18,19);1H. The van der Waals surface area contributed by atoms with Crippen LogP contribution >= 0.6 is 28.3 Å². The maximum absolute atomic E-state index is 12.2. The zero-order chi connectivity index (χ0) is 14.7. The molecule has 6 heteroatoms. The number of rotatable bonds is 4. The van der Waals surface area contributed by atoms with Gasteiger partial charge in [-0.25, -0.2) is 0 Å². The van der Waals surface area contributed by atoms with E-state index in [0.29, 0.717) is 0 Å². The Labute approximate surface area is 140 Å². The molecule has 3 atom stereocenters. The minimum Gasteiger partial charge on any atom is -0.496 e. The van der Waals surface area contributed by atoms with E-state index in [4.69, 9.17) is 10.5 Å². The maximum atomic E-state index is 12.2. The molecular formula is C15H22BrClN2O2. The molecule has 1 aliphatic rings. The summed E-state index contributed by atoms with van der Waals surface area (Å²) in [6.07, 6.45) is 2.88. The van der Waals surface area contributed by atoms with Gasteiger partial charge in [0, 0.05) is 6.04 Å². The lowest BCUT2D eigenvalue weighted by molar-refractivity contribution is -0.125. The smallest absolute Gasteiger partial charge is 0.225 e. The number of carbonyl (C=O) groups is 1. The lowest BCUT2D eigenvalue weighted by atomic mass is 10.0. The van der Waals surface area contributed by atoms with Crippen molar-refractivity contribution in [1.82, 2.24) is 5.32 Å². The van der Waals surface area contributed by atoms with Gasteiger partial charge in [-0.2, -0.15) is 0 Å². The summed E-state index contributed by atoms with van der Waals surface area (Å²) in [5.41, 5.74) is 7.01. The van der Waals surface area contributed by atoms with Crippen LogP contribution in [0.15, 0.2) is 22.7 Å². The lowest BCUT2D eigenvalue weighted by Gasteiger charge is -2.20. The summed E-state index contributed by atoms with van der Waals surface area (Å²) < 4.78 is 6.09. The Bertz CT molecular complexity index is 499. The Morgan fingerprint density at radius 3 is 2.71 bits per heavy atom. The summed E-state index contributed by atoms with van der Waals surface area (Å²) >= 11 is 3.46. The first kappa shape index (κ1) is 18.3. The second-order valence-corrected chi connectivity index (χ2v) is 6.18. The normalized spacial score (nSPS) is 22.3. The van der Waals surface area contributed by atoms with Gasteiger partial charge in [0.25, 0.3) is 0 Å². The van der Waals surface area contributed by atoms with E-state index >= 15 is 0 Å². The molecular weight excluding hydrogens is 356 g/mol. The number of nitrogens with one attached hydrogen (secondary N) is 1. The van der Waals surface area contributed by atoms with Gasteiger partial charge < -0.3 is 15.8 Å². The Morgan fingerprint density at radius 1 is 1.48 bits per heavy atom. The fourth-order valence-corrected chi connectivity index (χ4v) is 3.23. The Hall–Kier alpha value is -0.780. The van der Waals surface area contributed by atoms with Crippen LogP contribution in [-0.4, -0.2) is 19.1 Å². The summed E-state index contributed by atoms with van der Waals surface area (Å²) in [6.45, 7) is 1.98. The van der Waals surface area contributed by atoms with Crippen LogP contribution in [0.1, 0.15) is 37.8 Å². The van der Waals surface area contributed by atoms with Gasteiger partial charge >= 0.3 is 0 Å².